The first-order chi connectivity index (χ1) is 13.5. The van der Waals surface area contributed by atoms with Crippen LogP contribution < -0.4 is 9.64 Å². The molecule has 2 fully saturated rings. The van der Waals surface area contributed by atoms with Crippen LogP contribution in [-0.4, -0.2) is 61.7 Å². The molecule has 2 aliphatic rings. The SMILES string of the molecule is COc1ccc([C@H]2[C@@H]3CN(c4ccc(Cl)cn4)C[C@@H]3CN2C(=O)N(C)C)cc1. The number of aromatic nitrogens is 1. The van der Waals surface area contributed by atoms with Gasteiger partial charge in [0.2, 0.25) is 0 Å². The average molecular weight is 401 g/mol. The smallest absolute Gasteiger partial charge is 0.320 e. The van der Waals surface area contributed by atoms with Gasteiger partial charge in [0.25, 0.3) is 0 Å². The van der Waals surface area contributed by atoms with Gasteiger partial charge in [-0.2, -0.15) is 0 Å². The van der Waals surface area contributed by atoms with Gasteiger partial charge in [0.15, 0.2) is 0 Å². The predicted molar refractivity (Wildman–Crippen MR) is 110 cm³/mol. The monoisotopic (exact) mass is 400 g/mol. The second-order valence-electron chi connectivity index (χ2n) is 7.71. The number of likely N-dealkylation sites (tertiary alicyclic amines) is 1. The molecule has 28 heavy (non-hydrogen) atoms. The molecule has 2 amide bonds. The molecule has 1 aromatic heterocycles. The maximum atomic E-state index is 12.9. The molecule has 3 atom stereocenters. The lowest BCUT2D eigenvalue weighted by Gasteiger charge is -2.32. The number of rotatable bonds is 3. The Labute approximate surface area is 170 Å². The summed E-state index contributed by atoms with van der Waals surface area (Å²) in [4.78, 5) is 23.3. The lowest BCUT2D eigenvalue weighted by molar-refractivity contribution is 0.159. The number of hydrogen-bond donors (Lipinski definition) is 0. The van der Waals surface area contributed by atoms with Crippen LogP contribution in [0.15, 0.2) is 42.6 Å². The van der Waals surface area contributed by atoms with Gasteiger partial charge in [-0.3, -0.25) is 0 Å². The van der Waals surface area contributed by atoms with Gasteiger partial charge in [0.1, 0.15) is 11.6 Å². The third-order valence-electron chi connectivity index (χ3n) is 5.79. The summed E-state index contributed by atoms with van der Waals surface area (Å²) in [5, 5.41) is 0.641. The van der Waals surface area contributed by atoms with Gasteiger partial charge in [0.05, 0.1) is 18.2 Å². The molecular weight excluding hydrogens is 376 g/mol. The number of pyridine rings is 1. The fourth-order valence-electron chi connectivity index (χ4n) is 4.47. The molecule has 2 aliphatic heterocycles. The molecule has 0 N–H and O–H groups in total. The van der Waals surface area contributed by atoms with Crippen molar-refractivity contribution < 1.29 is 9.53 Å². The normalized spacial score (nSPS) is 23.6. The van der Waals surface area contributed by atoms with Crippen molar-refractivity contribution in [2.24, 2.45) is 11.8 Å². The zero-order valence-electron chi connectivity index (χ0n) is 16.4. The summed E-state index contributed by atoms with van der Waals surface area (Å²) in [6.45, 7) is 2.51. The van der Waals surface area contributed by atoms with E-state index in [1.54, 1.807) is 18.2 Å². The van der Waals surface area contributed by atoms with Crippen LogP contribution in [0.4, 0.5) is 10.6 Å². The molecular formula is C21H25ClN4O2. The molecule has 0 radical (unpaired) electrons. The van der Waals surface area contributed by atoms with E-state index < -0.39 is 0 Å². The van der Waals surface area contributed by atoms with E-state index in [4.69, 9.17) is 16.3 Å². The molecule has 0 bridgehead atoms. The van der Waals surface area contributed by atoms with Gasteiger partial charge in [-0.1, -0.05) is 23.7 Å². The topological polar surface area (TPSA) is 48.9 Å². The summed E-state index contributed by atoms with van der Waals surface area (Å²) >= 11 is 5.99. The Morgan fingerprint density at radius 3 is 2.50 bits per heavy atom. The number of anilines is 1. The Hall–Kier alpha value is -2.47. The zero-order valence-corrected chi connectivity index (χ0v) is 17.1. The first kappa shape index (κ1) is 18.9. The fraction of sp³-hybridized carbons (Fsp3) is 0.429. The number of benzene rings is 1. The largest absolute Gasteiger partial charge is 0.497 e. The van der Waals surface area contributed by atoms with Crippen LogP contribution in [0, 0.1) is 11.8 Å². The molecule has 6 nitrogen and oxygen atoms in total. The Bertz CT molecular complexity index is 840. The standard InChI is InChI=1S/C21H25ClN4O2/c1-24(2)21(27)26-12-15-11-25(19-9-6-16(22)10-23-19)13-18(15)20(26)14-4-7-17(28-3)8-5-14/h4-10,15,18,20H,11-13H2,1-3H3/t15-,18-,20+/m1/s1. The van der Waals surface area contributed by atoms with E-state index in [0.29, 0.717) is 16.9 Å². The average Bonchev–Trinajstić information content (AvgIpc) is 3.26. The molecule has 1 aromatic carbocycles. The van der Waals surface area contributed by atoms with Crippen LogP contribution in [0.25, 0.3) is 0 Å². The molecule has 7 heteroatoms. The highest BCUT2D eigenvalue weighted by molar-refractivity contribution is 6.30. The molecule has 0 aliphatic carbocycles. The second kappa shape index (κ2) is 7.51. The minimum atomic E-state index is 0.0445. The van der Waals surface area contributed by atoms with E-state index in [2.05, 4.69) is 22.0 Å². The van der Waals surface area contributed by atoms with E-state index in [1.807, 2.05) is 43.3 Å². The number of urea groups is 1. The van der Waals surface area contributed by atoms with E-state index in [-0.39, 0.29) is 12.1 Å². The first-order valence-corrected chi connectivity index (χ1v) is 9.84. The van der Waals surface area contributed by atoms with Crippen molar-refractivity contribution in [1.82, 2.24) is 14.8 Å². The van der Waals surface area contributed by atoms with Crippen molar-refractivity contribution in [3.8, 4) is 5.75 Å². The van der Waals surface area contributed by atoms with Crippen LogP contribution in [0.1, 0.15) is 11.6 Å². The number of hydrogen-bond acceptors (Lipinski definition) is 4. The number of nitrogens with zero attached hydrogens (tertiary/aromatic N) is 4. The van der Waals surface area contributed by atoms with Gasteiger partial charge < -0.3 is 19.4 Å². The maximum Gasteiger partial charge on any atom is 0.320 e. The van der Waals surface area contributed by atoms with Crippen molar-refractivity contribution in [3.63, 3.8) is 0 Å². The molecule has 4 rings (SSSR count). The molecule has 2 aromatic rings. The third-order valence-corrected chi connectivity index (χ3v) is 6.01. The highest BCUT2D eigenvalue weighted by atomic mass is 35.5. The number of methoxy groups -OCH3 is 1. The minimum Gasteiger partial charge on any atom is -0.497 e. The van der Waals surface area contributed by atoms with Crippen molar-refractivity contribution >= 4 is 23.4 Å². The fourth-order valence-corrected chi connectivity index (χ4v) is 4.58. The number of ether oxygens (including phenoxy) is 1. The number of amides is 2. The van der Waals surface area contributed by atoms with Crippen LogP contribution in [-0.2, 0) is 0 Å². The summed E-state index contributed by atoms with van der Waals surface area (Å²) in [6, 6.07) is 12.0. The Balaban J connectivity index is 1.62. The Morgan fingerprint density at radius 2 is 1.89 bits per heavy atom. The van der Waals surface area contributed by atoms with E-state index in [1.165, 1.54) is 0 Å². The highest BCUT2D eigenvalue weighted by Gasteiger charge is 2.49. The van der Waals surface area contributed by atoms with E-state index in [9.17, 15) is 4.79 Å². The van der Waals surface area contributed by atoms with Gasteiger partial charge in [-0.05, 0) is 29.8 Å². The van der Waals surface area contributed by atoms with Crippen molar-refractivity contribution in [1.29, 1.82) is 0 Å². The van der Waals surface area contributed by atoms with Crippen LogP contribution >= 0.6 is 11.6 Å². The summed E-state index contributed by atoms with van der Waals surface area (Å²) in [5.41, 5.74) is 1.15. The number of carbonyl (C=O) groups excluding carboxylic acids is 1. The Morgan fingerprint density at radius 1 is 1.14 bits per heavy atom. The van der Waals surface area contributed by atoms with E-state index in [0.717, 1.165) is 36.8 Å². The molecule has 0 unspecified atom stereocenters. The summed E-state index contributed by atoms with van der Waals surface area (Å²) in [5.74, 6) is 2.53. The van der Waals surface area contributed by atoms with Gasteiger partial charge in [0, 0.05) is 51.8 Å². The van der Waals surface area contributed by atoms with Gasteiger partial charge in [-0.15, -0.1) is 0 Å². The van der Waals surface area contributed by atoms with Crippen LogP contribution in [0.5, 0.6) is 5.75 Å². The second-order valence-corrected chi connectivity index (χ2v) is 8.15. The molecule has 2 saturated heterocycles. The minimum absolute atomic E-state index is 0.0445. The lowest BCUT2D eigenvalue weighted by atomic mass is 9.89. The summed E-state index contributed by atoms with van der Waals surface area (Å²) in [6.07, 6.45) is 1.69. The summed E-state index contributed by atoms with van der Waals surface area (Å²) < 4.78 is 5.30. The first-order valence-electron chi connectivity index (χ1n) is 9.46. The van der Waals surface area contributed by atoms with Gasteiger partial charge >= 0.3 is 6.03 Å². The highest BCUT2D eigenvalue weighted by Crippen LogP contribution is 2.46. The zero-order chi connectivity index (χ0) is 19.8. The lowest BCUT2D eigenvalue weighted by Crippen LogP contribution is -2.41. The van der Waals surface area contributed by atoms with Crippen LogP contribution in [0.3, 0.4) is 0 Å². The van der Waals surface area contributed by atoms with E-state index >= 15 is 0 Å². The van der Waals surface area contributed by atoms with Crippen molar-refractivity contribution in [3.05, 3.63) is 53.2 Å². The number of fused-ring (bicyclic) bond motifs is 1. The molecule has 0 spiro atoms. The quantitative estimate of drug-likeness (QED) is 0.790. The maximum absolute atomic E-state index is 12.9. The number of carbonyl (C=O) groups is 1. The number of halogens is 1. The van der Waals surface area contributed by atoms with Gasteiger partial charge in [-0.25, -0.2) is 9.78 Å². The third kappa shape index (κ3) is 3.37. The molecule has 148 valence electrons. The summed E-state index contributed by atoms with van der Waals surface area (Å²) in [7, 11) is 5.29. The molecule has 0 saturated carbocycles. The molecule has 3 heterocycles. The van der Waals surface area contributed by atoms with Crippen LogP contribution in [0.2, 0.25) is 5.02 Å². The Kier molecular flexibility index (Phi) is 5.06. The van der Waals surface area contributed by atoms with Crippen molar-refractivity contribution in [2.45, 2.75) is 6.04 Å². The van der Waals surface area contributed by atoms with Crippen molar-refractivity contribution in [2.75, 3.05) is 45.7 Å². The predicted octanol–water partition coefficient (Wildman–Crippen LogP) is 3.53.